The van der Waals surface area contributed by atoms with Gasteiger partial charge in [0, 0.05) is 18.7 Å². The average molecular weight is 445 g/mol. The Morgan fingerprint density at radius 1 is 1.19 bits per heavy atom. The first kappa shape index (κ1) is 23.0. The number of amides is 2. The van der Waals surface area contributed by atoms with Crippen molar-refractivity contribution in [2.45, 2.75) is 32.2 Å². The summed E-state index contributed by atoms with van der Waals surface area (Å²) < 4.78 is 5.16. The Labute approximate surface area is 188 Å². The van der Waals surface area contributed by atoms with E-state index >= 15 is 0 Å². The van der Waals surface area contributed by atoms with Crippen molar-refractivity contribution in [3.05, 3.63) is 53.2 Å². The van der Waals surface area contributed by atoms with Gasteiger partial charge in [0.1, 0.15) is 11.6 Å². The molecule has 8 heteroatoms. The van der Waals surface area contributed by atoms with Crippen LogP contribution in [0, 0.1) is 5.92 Å². The zero-order valence-electron chi connectivity index (χ0n) is 17.9. The lowest BCUT2D eigenvalue weighted by Gasteiger charge is -2.34. The Hall–Kier alpha value is -2.64. The van der Waals surface area contributed by atoms with Gasteiger partial charge in [0.2, 0.25) is 11.8 Å². The molecule has 1 aromatic carbocycles. The van der Waals surface area contributed by atoms with Gasteiger partial charge in [-0.25, -0.2) is 4.98 Å². The van der Waals surface area contributed by atoms with Crippen molar-refractivity contribution in [2.24, 2.45) is 5.92 Å². The van der Waals surface area contributed by atoms with Crippen LogP contribution in [0.4, 0.5) is 5.82 Å². The SMILES string of the molecule is COc1ccc(CCNC(=O)C(C)N2CCC(C(=O)Nc3ccc(Cl)cn3)CC2)cc1. The quantitative estimate of drug-likeness (QED) is 0.653. The first-order valence-electron chi connectivity index (χ1n) is 10.5. The zero-order chi connectivity index (χ0) is 22.2. The number of nitrogens with one attached hydrogen (secondary N) is 2. The summed E-state index contributed by atoms with van der Waals surface area (Å²) in [5.41, 5.74) is 1.15. The lowest BCUT2D eigenvalue weighted by atomic mass is 9.95. The number of pyridine rings is 1. The Balaban J connectivity index is 1.39. The number of piperidine rings is 1. The minimum atomic E-state index is -0.224. The monoisotopic (exact) mass is 444 g/mol. The number of hydrogen-bond acceptors (Lipinski definition) is 5. The third-order valence-electron chi connectivity index (χ3n) is 5.68. The van der Waals surface area contributed by atoms with Crippen LogP contribution in [0.15, 0.2) is 42.6 Å². The second kappa shape index (κ2) is 11.1. The number of hydrogen-bond donors (Lipinski definition) is 2. The van der Waals surface area contributed by atoms with Gasteiger partial charge in [0.15, 0.2) is 0 Å². The molecule has 31 heavy (non-hydrogen) atoms. The lowest BCUT2D eigenvalue weighted by molar-refractivity contribution is -0.127. The smallest absolute Gasteiger partial charge is 0.237 e. The van der Waals surface area contributed by atoms with Gasteiger partial charge in [-0.15, -0.1) is 0 Å². The van der Waals surface area contributed by atoms with Gasteiger partial charge >= 0.3 is 0 Å². The normalized spacial score (nSPS) is 15.8. The molecule has 1 unspecified atom stereocenters. The first-order valence-corrected chi connectivity index (χ1v) is 10.9. The van der Waals surface area contributed by atoms with Crippen molar-refractivity contribution >= 4 is 29.2 Å². The summed E-state index contributed by atoms with van der Waals surface area (Å²) in [6.07, 6.45) is 3.70. The number of anilines is 1. The number of aromatic nitrogens is 1. The molecule has 1 atom stereocenters. The molecule has 0 spiro atoms. The van der Waals surface area contributed by atoms with E-state index in [9.17, 15) is 9.59 Å². The first-order chi connectivity index (χ1) is 15.0. The molecule has 1 aliphatic heterocycles. The fourth-order valence-electron chi connectivity index (χ4n) is 3.66. The molecule has 0 aliphatic carbocycles. The van der Waals surface area contributed by atoms with Crippen LogP contribution >= 0.6 is 11.6 Å². The lowest BCUT2D eigenvalue weighted by Crippen LogP contribution is -2.49. The fourth-order valence-corrected chi connectivity index (χ4v) is 3.77. The molecule has 0 bridgehead atoms. The summed E-state index contributed by atoms with van der Waals surface area (Å²) >= 11 is 5.82. The van der Waals surface area contributed by atoms with E-state index in [0.717, 1.165) is 17.7 Å². The van der Waals surface area contributed by atoms with Gasteiger partial charge in [-0.2, -0.15) is 0 Å². The highest BCUT2D eigenvalue weighted by Gasteiger charge is 2.29. The summed E-state index contributed by atoms with van der Waals surface area (Å²) in [5.74, 6) is 1.22. The van der Waals surface area contributed by atoms with Gasteiger partial charge in [-0.3, -0.25) is 14.5 Å². The van der Waals surface area contributed by atoms with Crippen molar-refractivity contribution in [2.75, 3.05) is 32.1 Å². The third-order valence-corrected chi connectivity index (χ3v) is 5.90. The average Bonchev–Trinajstić information content (AvgIpc) is 2.80. The number of nitrogens with zero attached hydrogens (tertiary/aromatic N) is 2. The summed E-state index contributed by atoms with van der Waals surface area (Å²) in [4.78, 5) is 31.3. The molecule has 1 fully saturated rings. The van der Waals surface area contributed by atoms with Gasteiger partial charge < -0.3 is 15.4 Å². The van der Waals surface area contributed by atoms with Crippen LogP contribution < -0.4 is 15.4 Å². The summed E-state index contributed by atoms with van der Waals surface area (Å²) in [6.45, 7) is 3.92. The van der Waals surface area contributed by atoms with Crippen LogP contribution in [-0.4, -0.2) is 54.5 Å². The second-order valence-electron chi connectivity index (χ2n) is 7.73. The number of methoxy groups -OCH3 is 1. The van der Waals surface area contributed by atoms with Crippen LogP contribution in [0.3, 0.4) is 0 Å². The molecule has 2 N–H and O–H groups in total. The van der Waals surface area contributed by atoms with E-state index in [2.05, 4.69) is 20.5 Å². The minimum Gasteiger partial charge on any atom is -0.497 e. The molecule has 7 nitrogen and oxygen atoms in total. The molecule has 3 rings (SSSR count). The highest BCUT2D eigenvalue weighted by molar-refractivity contribution is 6.30. The number of halogens is 1. The molecular formula is C23H29ClN4O3. The van der Waals surface area contributed by atoms with Gasteiger partial charge in [-0.1, -0.05) is 23.7 Å². The number of rotatable bonds is 8. The largest absolute Gasteiger partial charge is 0.497 e. The molecule has 2 heterocycles. The van der Waals surface area contributed by atoms with Crippen LogP contribution in [0.2, 0.25) is 5.02 Å². The van der Waals surface area contributed by atoms with Gasteiger partial charge in [0.25, 0.3) is 0 Å². The second-order valence-corrected chi connectivity index (χ2v) is 8.16. The van der Waals surface area contributed by atoms with Crippen LogP contribution in [0.25, 0.3) is 0 Å². The predicted molar refractivity (Wildman–Crippen MR) is 121 cm³/mol. The van der Waals surface area contributed by atoms with Crippen molar-refractivity contribution in [3.63, 3.8) is 0 Å². The molecule has 1 aliphatic rings. The van der Waals surface area contributed by atoms with E-state index in [1.54, 1.807) is 19.2 Å². The zero-order valence-corrected chi connectivity index (χ0v) is 18.7. The topological polar surface area (TPSA) is 83.6 Å². The van der Waals surface area contributed by atoms with E-state index in [-0.39, 0.29) is 23.8 Å². The minimum absolute atomic E-state index is 0.0155. The summed E-state index contributed by atoms with van der Waals surface area (Å²) in [6, 6.07) is 11.0. The highest BCUT2D eigenvalue weighted by atomic mass is 35.5. The maximum absolute atomic E-state index is 12.5. The van der Waals surface area contributed by atoms with E-state index in [1.807, 2.05) is 31.2 Å². The predicted octanol–water partition coefficient (Wildman–Crippen LogP) is 3.14. The number of carbonyl (C=O) groups is 2. The number of benzene rings is 1. The standard InChI is InChI=1S/C23H29ClN4O3/c1-16(22(29)25-12-9-17-3-6-20(31-2)7-4-17)28-13-10-18(11-14-28)23(30)27-21-8-5-19(24)15-26-21/h3-8,15-16,18H,9-14H2,1-2H3,(H,25,29)(H,26,27,30). The molecule has 1 saturated heterocycles. The third kappa shape index (κ3) is 6.67. The highest BCUT2D eigenvalue weighted by Crippen LogP contribution is 2.21. The Morgan fingerprint density at radius 3 is 2.52 bits per heavy atom. The fraction of sp³-hybridized carbons (Fsp3) is 0.435. The van der Waals surface area contributed by atoms with Crippen LogP contribution in [0.1, 0.15) is 25.3 Å². The van der Waals surface area contributed by atoms with E-state index in [4.69, 9.17) is 16.3 Å². The van der Waals surface area contributed by atoms with Crippen molar-refractivity contribution in [1.82, 2.24) is 15.2 Å². The van der Waals surface area contributed by atoms with Crippen molar-refractivity contribution in [3.8, 4) is 5.75 Å². The summed E-state index contributed by atoms with van der Waals surface area (Å²) in [5, 5.41) is 6.39. The van der Waals surface area contributed by atoms with Gasteiger partial charge in [-0.05, 0) is 69.1 Å². The van der Waals surface area contributed by atoms with Crippen molar-refractivity contribution < 1.29 is 14.3 Å². The molecule has 0 saturated carbocycles. The molecule has 0 radical (unpaired) electrons. The molecule has 166 valence electrons. The number of carbonyl (C=O) groups excluding carboxylic acids is 2. The Bertz CT molecular complexity index is 865. The van der Waals surface area contributed by atoms with Gasteiger partial charge in [0.05, 0.1) is 18.2 Å². The maximum atomic E-state index is 12.5. The van der Waals surface area contributed by atoms with E-state index in [1.165, 1.54) is 6.20 Å². The molecule has 2 aromatic rings. The molecule has 1 aromatic heterocycles. The molecular weight excluding hydrogens is 416 g/mol. The number of ether oxygens (including phenoxy) is 1. The van der Waals surface area contributed by atoms with Crippen molar-refractivity contribution in [1.29, 1.82) is 0 Å². The van der Waals surface area contributed by atoms with E-state index < -0.39 is 0 Å². The van der Waals surface area contributed by atoms with E-state index in [0.29, 0.717) is 43.3 Å². The number of likely N-dealkylation sites (tertiary alicyclic amines) is 1. The Kier molecular flexibility index (Phi) is 8.26. The van der Waals surface area contributed by atoms with Crippen LogP contribution in [-0.2, 0) is 16.0 Å². The summed E-state index contributed by atoms with van der Waals surface area (Å²) in [7, 11) is 1.64. The maximum Gasteiger partial charge on any atom is 0.237 e. The van der Waals surface area contributed by atoms with Crippen LogP contribution in [0.5, 0.6) is 5.75 Å². The molecule has 2 amide bonds. The Morgan fingerprint density at radius 2 is 1.90 bits per heavy atom.